The Bertz CT molecular complexity index is 831. The number of benzene rings is 2. The van der Waals surface area contributed by atoms with Gasteiger partial charge in [0.15, 0.2) is 0 Å². The van der Waals surface area contributed by atoms with E-state index < -0.39 is 5.97 Å². The Morgan fingerprint density at radius 2 is 1.59 bits per heavy atom. The van der Waals surface area contributed by atoms with Crippen LogP contribution in [0.3, 0.4) is 0 Å². The first-order valence-electron chi connectivity index (χ1n) is 9.52. The average molecular weight is 398 g/mol. The van der Waals surface area contributed by atoms with Crippen molar-refractivity contribution < 1.29 is 23.9 Å². The van der Waals surface area contributed by atoms with Gasteiger partial charge in [-0.05, 0) is 62.4 Å². The molecule has 0 aromatic heterocycles. The van der Waals surface area contributed by atoms with E-state index in [1.807, 2.05) is 6.92 Å². The normalized spacial score (nSPS) is 10.2. The topological polar surface area (TPSA) is 84.9 Å². The number of esters is 1. The minimum absolute atomic E-state index is 0.131. The number of anilines is 2. The van der Waals surface area contributed by atoms with Crippen LogP contribution in [-0.4, -0.2) is 37.5 Å². The number of nitrogens with zero attached hydrogens (tertiary/aromatic N) is 1. The van der Waals surface area contributed by atoms with E-state index in [9.17, 15) is 14.4 Å². The van der Waals surface area contributed by atoms with Crippen LogP contribution in [-0.2, 0) is 14.3 Å². The number of hydrogen-bond donors (Lipinski definition) is 1. The highest BCUT2D eigenvalue weighted by atomic mass is 16.5. The molecule has 29 heavy (non-hydrogen) atoms. The van der Waals surface area contributed by atoms with Crippen molar-refractivity contribution in [3.05, 3.63) is 54.1 Å². The standard InChI is InChI=1S/C22H26N2O5/c1-4-28-20-12-8-18(9-13-20)23-21(26)14-15-24(16(3)25)19-10-6-17(7-11-19)22(27)29-5-2/h6-13H,4-5,14-15H2,1-3H3,(H,23,26). The SMILES string of the molecule is CCOC(=O)c1ccc(N(CCC(=O)Nc2ccc(OCC)cc2)C(C)=O)cc1. The third kappa shape index (κ3) is 6.64. The molecule has 7 heteroatoms. The second-order valence-electron chi connectivity index (χ2n) is 6.19. The first-order valence-corrected chi connectivity index (χ1v) is 9.52. The van der Waals surface area contributed by atoms with E-state index >= 15 is 0 Å². The van der Waals surface area contributed by atoms with Crippen LogP contribution in [0.5, 0.6) is 5.75 Å². The fraction of sp³-hybridized carbons (Fsp3) is 0.318. The van der Waals surface area contributed by atoms with E-state index in [1.54, 1.807) is 55.5 Å². The Hall–Kier alpha value is -3.35. The van der Waals surface area contributed by atoms with Crippen LogP contribution >= 0.6 is 0 Å². The zero-order valence-electron chi connectivity index (χ0n) is 16.9. The minimum Gasteiger partial charge on any atom is -0.494 e. The summed E-state index contributed by atoms with van der Waals surface area (Å²) in [5, 5.41) is 2.80. The molecule has 0 aliphatic rings. The Kier molecular flexibility index (Phi) is 8.21. The molecule has 0 bridgehead atoms. The van der Waals surface area contributed by atoms with Gasteiger partial charge in [0, 0.05) is 31.3 Å². The van der Waals surface area contributed by atoms with Crippen molar-refractivity contribution in [2.75, 3.05) is 30.0 Å². The molecule has 2 rings (SSSR count). The van der Waals surface area contributed by atoms with E-state index in [0.29, 0.717) is 30.2 Å². The van der Waals surface area contributed by atoms with Crippen molar-refractivity contribution in [3.63, 3.8) is 0 Å². The Labute approximate surface area is 170 Å². The highest BCUT2D eigenvalue weighted by Crippen LogP contribution is 2.18. The number of hydrogen-bond acceptors (Lipinski definition) is 5. The molecule has 2 amide bonds. The summed E-state index contributed by atoms with van der Waals surface area (Å²) in [6.07, 6.45) is 0.131. The molecule has 0 aliphatic carbocycles. The predicted molar refractivity (Wildman–Crippen MR) is 111 cm³/mol. The number of carbonyl (C=O) groups is 3. The number of ether oxygens (including phenoxy) is 2. The van der Waals surface area contributed by atoms with Crippen molar-refractivity contribution in [1.82, 2.24) is 0 Å². The lowest BCUT2D eigenvalue weighted by molar-refractivity contribution is -0.117. The first kappa shape index (κ1) is 21.9. The molecule has 0 unspecified atom stereocenters. The van der Waals surface area contributed by atoms with E-state index in [1.165, 1.54) is 11.8 Å². The van der Waals surface area contributed by atoms with Gasteiger partial charge in [0.25, 0.3) is 0 Å². The molecule has 0 saturated carbocycles. The zero-order valence-corrected chi connectivity index (χ0v) is 16.9. The van der Waals surface area contributed by atoms with Gasteiger partial charge in [-0.25, -0.2) is 4.79 Å². The van der Waals surface area contributed by atoms with Crippen molar-refractivity contribution in [1.29, 1.82) is 0 Å². The van der Waals surface area contributed by atoms with Gasteiger partial charge in [-0.1, -0.05) is 0 Å². The van der Waals surface area contributed by atoms with Crippen LogP contribution in [0, 0.1) is 0 Å². The largest absolute Gasteiger partial charge is 0.494 e. The van der Waals surface area contributed by atoms with Gasteiger partial charge in [0.1, 0.15) is 5.75 Å². The van der Waals surface area contributed by atoms with Gasteiger partial charge < -0.3 is 19.7 Å². The quantitative estimate of drug-likeness (QED) is 0.652. The van der Waals surface area contributed by atoms with Crippen molar-refractivity contribution in [3.8, 4) is 5.75 Å². The monoisotopic (exact) mass is 398 g/mol. The molecule has 0 atom stereocenters. The summed E-state index contributed by atoms with van der Waals surface area (Å²) in [5.41, 5.74) is 1.68. The van der Waals surface area contributed by atoms with Crippen molar-refractivity contribution in [2.45, 2.75) is 27.2 Å². The van der Waals surface area contributed by atoms with Crippen LogP contribution in [0.1, 0.15) is 37.6 Å². The van der Waals surface area contributed by atoms with E-state index in [4.69, 9.17) is 9.47 Å². The van der Waals surface area contributed by atoms with Crippen molar-refractivity contribution in [2.24, 2.45) is 0 Å². The molecular formula is C22H26N2O5. The van der Waals surface area contributed by atoms with E-state index in [2.05, 4.69) is 5.32 Å². The summed E-state index contributed by atoms with van der Waals surface area (Å²) in [4.78, 5) is 37.5. The van der Waals surface area contributed by atoms with Gasteiger partial charge in [-0.15, -0.1) is 0 Å². The van der Waals surface area contributed by atoms with Gasteiger partial charge in [-0.2, -0.15) is 0 Å². The molecule has 1 N–H and O–H groups in total. The lowest BCUT2D eigenvalue weighted by Crippen LogP contribution is -2.32. The van der Waals surface area contributed by atoms with Crippen LogP contribution in [0.4, 0.5) is 11.4 Å². The Balaban J connectivity index is 1.95. The van der Waals surface area contributed by atoms with Crippen LogP contribution < -0.4 is 15.0 Å². The summed E-state index contributed by atoms with van der Waals surface area (Å²) < 4.78 is 10.3. The van der Waals surface area contributed by atoms with Gasteiger partial charge in [0.05, 0.1) is 18.8 Å². The van der Waals surface area contributed by atoms with Gasteiger partial charge in [-0.3, -0.25) is 9.59 Å². The van der Waals surface area contributed by atoms with Crippen LogP contribution in [0.15, 0.2) is 48.5 Å². The third-order valence-electron chi connectivity index (χ3n) is 4.08. The first-order chi connectivity index (χ1) is 13.9. The summed E-state index contributed by atoms with van der Waals surface area (Å²) >= 11 is 0. The Morgan fingerprint density at radius 1 is 0.931 bits per heavy atom. The molecule has 2 aromatic rings. The predicted octanol–water partition coefficient (Wildman–Crippen LogP) is 3.64. The number of rotatable bonds is 9. The molecular weight excluding hydrogens is 372 g/mol. The molecule has 0 saturated heterocycles. The molecule has 0 heterocycles. The number of amides is 2. The molecule has 0 spiro atoms. The second kappa shape index (κ2) is 10.8. The lowest BCUT2D eigenvalue weighted by Gasteiger charge is -2.21. The minimum atomic E-state index is -0.414. The average Bonchev–Trinajstić information content (AvgIpc) is 2.70. The number of nitrogens with one attached hydrogen (secondary N) is 1. The van der Waals surface area contributed by atoms with Gasteiger partial charge >= 0.3 is 5.97 Å². The third-order valence-corrected chi connectivity index (χ3v) is 4.08. The summed E-state index contributed by atoms with van der Waals surface area (Å²) in [5.74, 6) is -0.0750. The zero-order chi connectivity index (χ0) is 21.2. The maximum atomic E-state index is 12.3. The molecule has 2 aromatic carbocycles. The molecule has 0 radical (unpaired) electrons. The van der Waals surface area contributed by atoms with Crippen molar-refractivity contribution >= 4 is 29.2 Å². The van der Waals surface area contributed by atoms with Gasteiger partial charge in [0.2, 0.25) is 11.8 Å². The van der Waals surface area contributed by atoms with Crippen LogP contribution in [0.25, 0.3) is 0 Å². The fourth-order valence-electron chi connectivity index (χ4n) is 2.70. The molecule has 154 valence electrons. The lowest BCUT2D eigenvalue weighted by atomic mass is 10.2. The van der Waals surface area contributed by atoms with Crippen LogP contribution in [0.2, 0.25) is 0 Å². The fourth-order valence-corrected chi connectivity index (χ4v) is 2.70. The Morgan fingerprint density at radius 3 is 2.14 bits per heavy atom. The highest BCUT2D eigenvalue weighted by molar-refractivity contribution is 5.95. The maximum absolute atomic E-state index is 12.3. The summed E-state index contributed by atoms with van der Waals surface area (Å²) in [7, 11) is 0. The van der Waals surface area contributed by atoms with E-state index in [0.717, 1.165) is 5.75 Å². The number of carbonyl (C=O) groups excluding carboxylic acids is 3. The summed E-state index contributed by atoms with van der Waals surface area (Å²) in [6.45, 7) is 6.17. The smallest absolute Gasteiger partial charge is 0.338 e. The summed E-state index contributed by atoms with van der Waals surface area (Å²) in [6, 6.07) is 13.6. The molecule has 7 nitrogen and oxygen atoms in total. The second-order valence-corrected chi connectivity index (χ2v) is 6.19. The van der Waals surface area contributed by atoms with E-state index in [-0.39, 0.29) is 24.8 Å². The maximum Gasteiger partial charge on any atom is 0.338 e. The molecule has 0 fully saturated rings. The highest BCUT2D eigenvalue weighted by Gasteiger charge is 2.15. The molecule has 0 aliphatic heterocycles.